The van der Waals surface area contributed by atoms with E-state index in [-0.39, 0.29) is 0 Å². The Bertz CT molecular complexity index is 441. The molecule has 0 heteroatoms. The first-order chi connectivity index (χ1) is 10.2. The fourth-order valence-corrected chi connectivity index (χ4v) is 6.75. The maximum Gasteiger partial charge on any atom is -0.0134 e. The van der Waals surface area contributed by atoms with Gasteiger partial charge in [0.05, 0.1) is 0 Å². The topological polar surface area (TPSA) is 0 Å². The monoisotopic (exact) mass is 284 g/mol. The Kier molecular flexibility index (Phi) is 3.55. The molecule has 4 aliphatic carbocycles. The molecule has 6 unspecified atom stereocenters. The summed E-state index contributed by atoms with van der Waals surface area (Å²) in [6.07, 6.45) is 21.7. The van der Waals surface area contributed by atoms with Crippen molar-refractivity contribution in [3.05, 3.63) is 24.3 Å². The molecular weight excluding hydrogens is 252 g/mol. The molecule has 6 atom stereocenters. The predicted octanol–water partition coefficient (Wildman–Crippen LogP) is 6.00. The van der Waals surface area contributed by atoms with Gasteiger partial charge in [0.2, 0.25) is 0 Å². The zero-order chi connectivity index (χ0) is 14.4. The summed E-state index contributed by atoms with van der Waals surface area (Å²) in [5.41, 5.74) is 0.547. The van der Waals surface area contributed by atoms with E-state index in [0.717, 1.165) is 35.5 Å². The number of allylic oxidation sites excluding steroid dienone is 4. The minimum Gasteiger partial charge on any atom is -0.0808 e. The van der Waals surface area contributed by atoms with Gasteiger partial charge in [-0.15, -0.1) is 0 Å². The zero-order valence-electron chi connectivity index (χ0n) is 13.9. The molecule has 0 N–H and O–H groups in total. The van der Waals surface area contributed by atoms with E-state index in [1.54, 1.807) is 0 Å². The van der Waals surface area contributed by atoms with Gasteiger partial charge in [-0.05, 0) is 73.0 Å². The highest BCUT2D eigenvalue weighted by atomic mass is 14.6. The minimum atomic E-state index is 0.547. The normalized spacial score (nSPS) is 45.6. The minimum absolute atomic E-state index is 0.547. The smallest absolute Gasteiger partial charge is 0.0134 e. The van der Waals surface area contributed by atoms with Gasteiger partial charge in [-0.1, -0.05) is 57.4 Å². The molecule has 0 aromatic carbocycles. The molecule has 0 amide bonds. The first-order valence-corrected chi connectivity index (χ1v) is 9.53. The van der Waals surface area contributed by atoms with Crippen molar-refractivity contribution < 1.29 is 0 Å². The molecular formula is C21H32. The molecule has 3 saturated carbocycles. The molecule has 0 nitrogen and oxygen atoms in total. The second-order valence-electron chi connectivity index (χ2n) is 8.91. The van der Waals surface area contributed by atoms with Crippen molar-refractivity contribution >= 4 is 0 Å². The highest BCUT2D eigenvalue weighted by Crippen LogP contribution is 2.59. The summed E-state index contributed by atoms with van der Waals surface area (Å²) in [4.78, 5) is 0. The van der Waals surface area contributed by atoms with Gasteiger partial charge in [0.15, 0.2) is 0 Å². The van der Waals surface area contributed by atoms with Crippen LogP contribution in [0.15, 0.2) is 24.3 Å². The second kappa shape index (κ2) is 5.28. The molecule has 116 valence electrons. The highest BCUT2D eigenvalue weighted by molar-refractivity contribution is 5.19. The second-order valence-corrected chi connectivity index (χ2v) is 8.91. The highest BCUT2D eigenvalue weighted by Gasteiger charge is 2.51. The van der Waals surface area contributed by atoms with Gasteiger partial charge < -0.3 is 0 Å². The molecule has 0 radical (unpaired) electrons. The molecule has 0 aromatic rings. The molecule has 0 spiro atoms. The van der Waals surface area contributed by atoms with E-state index in [1.807, 2.05) is 0 Å². The Balaban J connectivity index is 1.56. The molecule has 21 heavy (non-hydrogen) atoms. The first kappa shape index (κ1) is 14.1. The van der Waals surface area contributed by atoms with Gasteiger partial charge in [0.1, 0.15) is 0 Å². The fourth-order valence-electron chi connectivity index (χ4n) is 6.75. The third-order valence-corrected chi connectivity index (χ3v) is 7.82. The molecule has 0 aliphatic heterocycles. The van der Waals surface area contributed by atoms with Crippen LogP contribution < -0.4 is 0 Å². The largest absolute Gasteiger partial charge is 0.0808 e. The lowest BCUT2D eigenvalue weighted by Gasteiger charge is -2.45. The lowest BCUT2D eigenvalue weighted by molar-refractivity contribution is 0.0469. The van der Waals surface area contributed by atoms with Crippen LogP contribution in [0.1, 0.15) is 65.2 Å². The first-order valence-electron chi connectivity index (χ1n) is 9.53. The van der Waals surface area contributed by atoms with Crippen molar-refractivity contribution in [1.29, 1.82) is 0 Å². The van der Waals surface area contributed by atoms with Crippen molar-refractivity contribution in [3.8, 4) is 0 Å². The van der Waals surface area contributed by atoms with Crippen molar-refractivity contribution in [3.63, 3.8) is 0 Å². The lowest BCUT2D eigenvalue weighted by atomic mass is 9.60. The van der Waals surface area contributed by atoms with Crippen LogP contribution in [0.25, 0.3) is 0 Å². The van der Waals surface area contributed by atoms with Crippen molar-refractivity contribution in [2.24, 2.45) is 40.9 Å². The van der Waals surface area contributed by atoms with Crippen LogP contribution in [0.4, 0.5) is 0 Å². The Morgan fingerprint density at radius 3 is 2.43 bits per heavy atom. The molecule has 0 saturated heterocycles. The average molecular weight is 284 g/mol. The van der Waals surface area contributed by atoms with Gasteiger partial charge in [-0.3, -0.25) is 0 Å². The summed E-state index contributed by atoms with van der Waals surface area (Å²) < 4.78 is 0. The third kappa shape index (κ3) is 2.25. The van der Waals surface area contributed by atoms with E-state index < -0.39 is 0 Å². The SMILES string of the molecule is CC(C)(C1CCC2C=CC=CC21)C1CCC2CCCCC21. The van der Waals surface area contributed by atoms with Crippen LogP contribution in [-0.4, -0.2) is 0 Å². The quantitative estimate of drug-likeness (QED) is 0.583. The van der Waals surface area contributed by atoms with E-state index in [9.17, 15) is 0 Å². The van der Waals surface area contributed by atoms with Gasteiger partial charge in [-0.25, -0.2) is 0 Å². The predicted molar refractivity (Wildman–Crippen MR) is 89.9 cm³/mol. The molecule has 4 aliphatic rings. The van der Waals surface area contributed by atoms with E-state index >= 15 is 0 Å². The van der Waals surface area contributed by atoms with Crippen LogP contribution in [0.5, 0.6) is 0 Å². The Labute approximate surface area is 131 Å². The standard InChI is InChI=1S/C21H32/c1-21(2,19-13-11-15-7-3-5-9-17(15)19)20-14-12-16-8-4-6-10-18(16)20/h3,5,7,9,15-20H,4,6,8,10-14H2,1-2H3. The van der Waals surface area contributed by atoms with Crippen molar-refractivity contribution in [2.75, 3.05) is 0 Å². The number of hydrogen-bond acceptors (Lipinski definition) is 0. The van der Waals surface area contributed by atoms with Crippen LogP contribution in [0.3, 0.4) is 0 Å². The summed E-state index contributed by atoms with van der Waals surface area (Å²) in [6, 6.07) is 0. The van der Waals surface area contributed by atoms with Gasteiger partial charge >= 0.3 is 0 Å². The molecule has 0 aromatic heterocycles. The maximum atomic E-state index is 2.63. The number of fused-ring (bicyclic) bond motifs is 2. The average Bonchev–Trinajstić information content (AvgIpc) is 3.12. The van der Waals surface area contributed by atoms with E-state index in [2.05, 4.69) is 38.2 Å². The van der Waals surface area contributed by atoms with Gasteiger partial charge in [0.25, 0.3) is 0 Å². The van der Waals surface area contributed by atoms with Crippen LogP contribution >= 0.6 is 0 Å². The van der Waals surface area contributed by atoms with Crippen LogP contribution in [0.2, 0.25) is 0 Å². The van der Waals surface area contributed by atoms with E-state index in [1.165, 1.54) is 51.4 Å². The fraction of sp³-hybridized carbons (Fsp3) is 0.810. The van der Waals surface area contributed by atoms with E-state index in [4.69, 9.17) is 0 Å². The zero-order valence-corrected chi connectivity index (χ0v) is 13.9. The summed E-state index contributed by atoms with van der Waals surface area (Å²) in [5.74, 6) is 5.77. The molecule has 0 bridgehead atoms. The summed E-state index contributed by atoms with van der Waals surface area (Å²) in [6.45, 7) is 5.27. The van der Waals surface area contributed by atoms with Gasteiger partial charge in [-0.2, -0.15) is 0 Å². The summed E-state index contributed by atoms with van der Waals surface area (Å²) in [7, 11) is 0. The van der Waals surface area contributed by atoms with Crippen LogP contribution in [-0.2, 0) is 0 Å². The molecule has 3 fully saturated rings. The number of hydrogen-bond donors (Lipinski definition) is 0. The maximum absolute atomic E-state index is 2.63. The Morgan fingerprint density at radius 2 is 1.52 bits per heavy atom. The Hall–Kier alpha value is -0.520. The summed E-state index contributed by atoms with van der Waals surface area (Å²) >= 11 is 0. The lowest BCUT2D eigenvalue weighted by Crippen LogP contribution is -2.38. The molecule has 0 heterocycles. The van der Waals surface area contributed by atoms with Crippen molar-refractivity contribution in [1.82, 2.24) is 0 Å². The molecule has 4 rings (SSSR count). The van der Waals surface area contributed by atoms with Crippen molar-refractivity contribution in [2.45, 2.75) is 65.2 Å². The third-order valence-electron chi connectivity index (χ3n) is 7.82. The van der Waals surface area contributed by atoms with Gasteiger partial charge in [0, 0.05) is 0 Å². The van der Waals surface area contributed by atoms with E-state index in [0.29, 0.717) is 5.41 Å². The number of rotatable bonds is 2. The summed E-state index contributed by atoms with van der Waals surface area (Å²) in [5, 5.41) is 0. The Morgan fingerprint density at radius 1 is 0.762 bits per heavy atom. The van der Waals surface area contributed by atoms with Crippen LogP contribution in [0, 0.1) is 40.9 Å².